The number of nitrogens with one attached hydrogen (secondary N) is 3. The summed E-state index contributed by atoms with van der Waals surface area (Å²) in [5.74, 6) is 0.642. The molecule has 0 spiro atoms. The molecule has 3 N–H and O–H groups in total. The number of amides is 1. The van der Waals surface area contributed by atoms with E-state index in [1.54, 1.807) is 11.3 Å². The van der Waals surface area contributed by atoms with Crippen LogP contribution in [0, 0.1) is 0 Å². The summed E-state index contributed by atoms with van der Waals surface area (Å²) in [6, 6.07) is 0. The molecular formula is C17H28N8O3S. The van der Waals surface area contributed by atoms with E-state index in [0.29, 0.717) is 42.3 Å². The predicted octanol–water partition coefficient (Wildman–Crippen LogP) is 1.32. The average molecular weight is 425 g/mol. The number of carbonyl (C=O) groups is 2. The van der Waals surface area contributed by atoms with Gasteiger partial charge in [0, 0.05) is 13.1 Å². The lowest BCUT2D eigenvalue weighted by Gasteiger charge is -2.27. The van der Waals surface area contributed by atoms with E-state index in [1.165, 1.54) is 18.9 Å². The van der Waals surface area contributed by atoms with E-state index in [1.807, 2.05) is 20.8 Å². The fourth-order valence-electron chi connectivity index (χ4n) is 2.81. The van der Waals surface area contributed by atoms with Crippen molar-refractivity contribution in [1.29, 1.82) is 0 Å². The summed E-state index contributed by atoms with van der Waals surface area (Å²) in [5, 5.41) is 17.7. The number of anilines is 2. The molecule has 2 aromatic heterocycles. The quantitative estimate of drug-likeness (QED) is 0.358. The van der Waals surface area contributed by atoms with E-state index >= 15 is 0 Å². The SMILES string of the molecule is CCCC(C)(NC(=O)CSc1nnc2nc(NCC)nc(NCC)n12)C(=O)OC. The first kappa shape index (κ1) is 22.7. The van der Waals surface area contributed by atoms with Crippen LogP contribution in [0.2, 0.25) is 0 Å². The van der Waals surface area contributed by atoms with Crippen LogP contribution >= 0.6 is 11.8 Å². The zero-order valence-electron chi connectivity index (χ0n) is 17.4. The van der Waals surface area contributed by atoms with Gasteiger partial charge in [0.05, 0.1) is 12.9 Å². The molecule has 0 aliphatic rings. The molecule has 0 aliphatic carbocycles. The van der Waals surface area contributed by atoms with Gasteiger partial charge in [-0.15, -0.1) is 10.2 Å². The van der Waals surface area contributed by atoms with E-state index in [4.69, 9.17) is 4.74 Å². The molecule has 0 aliphatic heterocycles. The molecule has 0 saturated carbocycles. The third kappa shape index (κ3) is 5.46. The third-order valence-corrected chi connectivity index (χ3v) is 4.98. The molecule has 2 heterocycles. The number of aromatic nitrogens is 5. The minimum absolute atomic E-state index is 0.0532. The number of esters is 1. The largest absolute Gasteiger partial charge is 0.467 e. The average Bonchev–Trinajstić information content (AvgIpc) is 3.09. The summed E-state index contributed by atoms with van der Waals surface area (Å²) >= 11 is 1.19. The van der Waals surface area contributed by atoms with Gasteiger partial charge in [0.1, 0.15) is 5.54 Å². The molecule has 1 unspecified atom stereocenters. The van der Waals surface area contributed by atoms with Gasteiger partial charge >= 0.3 is 5.97 Å². The Morgan fingerprint density at radius 3 is 2.48 bits per heavy atom. The molecule has 2 rings (SSSR count). The molecule has 11 nitrogen and oxygen atoms in total. The minimum atomic E-state index is -1.06. The summed E-state index contributed by atoms with van der Waals surface area (Å²) in [6.07, 6.45) is 1.21. The summed E-state index contributed by atoms with van der Waals surface area (Å²) < 4.78 is 6.49. The first-order valence-corrected chi connectivity index (χ1v) is 10.5. The summed E-state index contributed by atoms with van der Waals surface area (Å²) in [7, 11) is 1.31. The molecule has 160 valence electrons. The van der Waals surface area contributed by atoms with Crippen molar-refractivity contribution < 1.29 is 14.3 Å². The number of rotatable bonds is 11. The van der Waals surface area contributed by atoms with E-state index in [0.717, 1.165) is 6.42 Å². The maximum atomic E-state index is 12.5. The predicted molar refractivity (Wildman–Crippen MR) is 111 cm³/mol. The zero-order valence-corrected chi connectivity index (χ0v) is 18.2. The Morgan fingerprint density at radius 1 is 1.14 bits per heavy atom. The number of fused-ring (bicyclic) bond motifs is 1. The lowest BCUT2D eigenvalue weighted by Crippen LogP contribution is -2.53. The summed E-state index contributed by atoms with van der Waals surface area (Å²) in [5.41, 5.74) is -1.06. The highest BCUT2D eigenvalue weighted by molar-refractivity contribution is 7.99. The number of hydrogen-bond acceptors (Lipinski definition) is 10. The number of nitrogens with zero attached hydrogens (tertiary/aromatic N) is 5. The van der Waals surface area contributed by atoms with Crippen LogP contribution in [-0.2, 0) is 14.3 Å². The highest BCUT2D eigenvalue weighted by Gasteiger charge is 2.35. The van der Waals surface area contributed by atoms with Crippen LogP contribution in [0.15, 0.2) is 5.16 Å². The van der Waals surface area contributed by atoms with E-state index in [2.05, 4.69) is 36.1 Å². The molecule has 1 amide bonds. The maximum absolute atomic E-state index is 12.5. The Bertz CT molecular complexity index is 859. The monoisotopic (exact) mass is 424 g/mol. The molecule has 0 aromatic carbocycles. The molecule has 0 radical (unpaired) electrons. The van der Waals surface area contributed by atoms with Crippen molar-refractivity contribution in [3.05, 3.63) is 0 Å². The zero-order chi connectivity index (χ0) is 21.4. The van der Waals surface area contributed by atoms with Crippen molar-refractivity contribution in [2.24, 2.45) is 0 Å². The van der Waals surface area contributed by atoms with Crippen molar-refractivity contribution >= 4 is 41.3 Å². The normalized spacial score (nSPS) is 13.0. The molecule has 0 fully saturated rings. The van der Waals surface area contributed by atoms with Crippen LogP contribution in [0.5, 0.6) is 0 Å². The molecule has 12 heteroatoms. The van der Waals surface area contributed by atoms with Crippen LogP contribution in [0.4, 0.5) is 11.9 Å². The van der Waals surface area contributed by atoms with E-state index < -0.39 is 11.5 Å². The second kappa shape index (κ2) is 10.2. The Hall–Kier alpha value is -2.63. The fourth-order valence-corrected chi connectivity index (χ4v) is 3.54. The molecular weight excluding hydrogens is 396 g/mol. The lowest BCUT2D eigenvalue weighted by atomic mass is 9.96. The minimum Gasteiger partial charge on any atom is -0.467 e. The number of ether oxygens (including phenoxy) is 1. The van der Waals surface area contributed by atoms with Crippen LogP contribution in [0.1, 0.15) is 40.5 Å². The Kier molecular flexibility index (Phi) is 8.00. The fraction of sp³-hybridized carbons (Fsp3) is 0.647. The van der Waals surface area contributed by atoms with Gasteiger partial charge in [-0.3, -0.25) is 4.79 Å². The van der Waals surface area contributed by atoms with Crippen molar-refractivity contribution in [3.8, 4) is 0 Å². The van der Waals surface area contributed by atoms with Crippen LogP contribution in [0.3, 0.4) is 0 Å². The van der Waals surface area contributed by atoms with Gasteiger partial charge in [-0.2, -0.15) is 9.97 Å². The van der Waals surface area contributed by atoms with Gasteiger partial charge in [-0.1, -0.05) is 25.1 Å². The second-order valence-corrected chi connectivity index (χ2v) is 7.40. The molecule has 1 atom stereocenters. The van der Waals surface area contributed by atoms with Gasteiger partial charge in [0.15, 0.2) is 5.16 Å². The van der Waals surface area contributed by atoms with Gasteiger partial charge in [-0.25, -0.2) is 9.20 Å². The molecule has 29 heavy (non-hydrogen) atoms. The standard InChI is InChI=1S/C17H28N8O3S/c1-6-9-17(4,12(27)28-5)22-11(26)10-29-16-24-23-15-21-13(18-7-2)20-14(19-8-3)25(15)16/h6-10H2,1-5H3,(H,22,26)(H2,18,19,20,21,23). The third-order valence-electron chi connectivity index (χ3n) is 4.05. The molecule has 2 aromatic rings. The number of carbonyl (C=O) groups excluding carboxylic acids is 2. The highest BCUT2D eigenvalue weighted by atomic mass is 32.2. The second-order valence-electron chi connectivity index (χ2n) is 6.46. The van der Waals surface area contributed by atoms with Crippen molar-refractivity contribution in [2.75, 3.05) is 36.6 Å². The topological polar surface area (TPSA) is 135 Å². The van der Waals surface area contributed by atoms with Crippen LogP contribution < -0.4 is 16.0 Å². The van der Waals surface area contributed by atoms with Gasteiger partial charge in [0.25, 0.3) is 5.78 Å². The number of methoxy groups -OCH3 is 1. The Balaban J connectivity index is 2.17. The first-order chi connectivity index (χ1) is 13.9. The maximum Gasteiger partial charge on any atom is 0.331 e. The van der Waals surface area contributed by atoms with Gasteiger partial charge in [-0.05, 0) is 27.2 Å². The number of hydrogen-bond donors (Lipinski definition) is 3. The van der Waals surface area contributed by atoms with Crippen LogP contribution in [-0.4, -0.2) is 67.9 Å². The van der Waals surface area contributed by atoms with Gasteiger partial charge in [0.2, 0.25) is 17.8 Å². The van der Waals surface area contributed by atoms with E-state index in [9.17, 15) is 9.59 Å². The molecule has 0 bridgehead atoms. The van der Waals surface area contributed by atoms with Gasteiger partial charge < -0.3 is 20.7 Å². The van der Waals surface area contributed by atoms with Crippen molar-refractivity contribution in [3.63, 3.8) is 0 Å². The highest BCUT2D eigenvalue weighted by Crippen LogP contribution is 2.21. The lowest BCUT2D eigenvalue weighted by molar-refractivity contribution is -0.150. The van der Waals surface area contributed by atoms with Crippen molar-refractivity contribution in [1.82, 2.24) is 29.9 Å². The number of thioether (sulfide) groups is 1. The first-order valence-electron chi connectivity index (χ1n) is 9.51. The Morgan fingerprint density at radius 2 is 1.86 bits per heavy atom. The summed E-state index contributed by atoms with van der Waals surface area (Å²) in [6.45, 7) is 8.83. The smallest absolute Gasteiger partial charge is 0.331 e. The summed E-state index contributed by atoms with van der Waals surface area (Å²) in [4.78, 5) is 33.3. The Labute approximate surface area is 173 Å². The molecule has 0 saturated heterocycles. The van der Waals surface area contributed by atoms with Crippen LogP contribution in [0.25, 0.3) is 5.78 Å². The van der Waals surface area contributed by atoms with Crippen molar-refractivity contribution in [2.45, 2.75) is 51.2 Å². The van der Waals surface area contributed by atoms with E-state index in [-0.39, 0.29) is 11.7 Å².